The Balaban J connectivity index is 2.28. The molecule has 1 heterocycles. The minimum absolute atomic E-state index is 0.0717. The Morgan fingerprint density at radius 1 is 1.06 bits per heavy atom. The second kappa shape index (κ2) is 4.53. The van der Waals surface area contributed by atoms with Crippen molar-refractivity contribution >= 4 is 5.78 Å². The first kappa shape index (κ1) is 10.3. The SMILES string of the molecule is COc1ccc(C(=O)c2ccnnc2)cc1. The van der Waals surface area contributed by atoms with Crippen LogP contribution in [0.25, 0.3) is 0 Å². The van der Waals surface area contributed by atoms with Crippen LogP contribution < -0.4 is 4.74 Å². The summed E-state index contributed by atoms with van der Waals surface area (Å²) >= 11 is 0. The highest BCUT2D eigenvalue weighted by Gasteiger charge is 2.08. The Morgan fingerprint density at radius 3 is 2.38 bits per heavy atom. The Labute approximate surface area is 92.9 Å². The molecule has 0 N–H and O–H groups in total. The van der Waals surface area contributed by atoms with Crippen molar-refractivity contribution in [3.05, 3.63) is 53.9 Å². The zero-order valence-electron chi connectivity index (χ0n) is 8.75. The molecule has 0 fully saturated rings. The lowest BCUT2D eigenvalue weighted by atomic mass is 10.1. The fourth-order valence-corrected chi connectivity index (χ4v) is 1.33. The maximum atomic E-state index is 11.9. The Morgan fingerprint density at radius 2 is 1.81 bits per heavy atom. The van der Waals surface area contributed by atoms with Gasteiger partial charge in [0.25, 0.3) is 0 Å². The van der Waals surface area contributed by atoms with Gasteiger partial charge in [-0.25, -0.2) is 0 Å². The van der Waals surface area contributed by atoms with Crippen LogP contribution in [-0.4, -0.2) is 23.1 Å². The van der Waals surface area contributed by atoms with Gasteiger partial charge in [0.1, 0.15) is 5.75 Å². The number of ether oxygens (including phenoxy) is 1. The van der Waals surface area contributed by atoms with Crippen LogP contribution in [-0.2, 0) is 0 Å². The van der Waals surface area contributed by atoms with E-state index in [0.717, 1.165) is 5.75 Å². The number of rotatable bonds is 3. The van der Waals surface area contributed by atoms with Crippen LogP contribution in [0.15, 0.2) is 42.7 Å². The molecule has 1 aromatic carbocycles. The van der Waals surface area contributed by atoms with E-state index in [-0.39, 0.29) is 5.78 Å². The summed E-state index contributed by atoms with van der Waals surface area (Å²) in [6.07, 6.45) is 2.95. The van der Waals surface area contributed by atoms with Crippen LogP contribution >= 0.6 is 0 Å². The van der Waals surface area contributed by atoms with Crippen molar-refractivity contribution in [1.82, 2.24) is 10.2 Å². The van der Waals surface area contributed by atoms with Crippen LogP contribution in [0.5, 0.6) is 5.75 Å². The van der Waals surface area contributed by atoms with Crippen molar-refractivity contribution in [1.29, 1.82) is 0 Å². The van der Waals surface area contributed by atoms with Gasteiger partial charge in [0, 0.05) is 11.1 Å². The fraction of sp³-hybridized carbons (Fsp3) is 0.0833. The molecule has 0 saturated heterocycles. The highest BCUT2D eigenvalue weighted by atomic mass is 16.5. The summed E-state index contributed by atoms with van der Waals surface area (Å²) in [7, 11) is 1.59. The quantitative estimate of drug-likeness (QED) is 0.730. The molecule has 0 aliphatic rings. The third kappa shape index (κ3) is 2.06. The van der Waals surface area contributed by atoms with Gasteiger partial charge >= 0.3 is 0 Å². The molecule has 1 aromatic heterocycles. The number of ketones is 1. The van der Waals surface area contributed by atoms with Crippen LogP contribution in [0.4, 0.5) is 0 Å². The number of hydrogen-bond acceptors (Lipinski definition) is 4. The molecule has 2 rings (SSSR count). The number of methoxy groups -OCH3 is 1. The van der Waals surface area contributed by atoms with Gasteiger partial charge in [0.2, 0.25) is 0 Å². The van der Waals surface area contributed by atoms with E-state index < -0.39 is 0 Å². The van der Waals surface area contributed by atoms with Gasteiger partial charge in [-0.05, 0) is 30.3 Å². The first-order valence-electron chi connectivity index (χ1n) is 4.76. The van der Waals surface area contributed by atoms with Gasteiger partial charge in [0.05, 0.1) is 19.5 Å². The third-order valence-electron chi connectivity index (χ3n) is 2.20. The van der Waals surface area contributed by atoms with E-state index in [2.05, 4.69) is 10.2 Å². The zero-order chi connectivity index (χ0) is 11.4. The second-order valence-corrected chi connectivity index (χ2v) is 3.19. The molecule has 0 spiro atoms. The number of benzene rings is 1. The average molecular weight is 214 g/mol. The Bertz CT molecular complexity index is 480. The largest absolute Gasteiger partial charge is 0.497 e. The molecule has 2 aromatic rings. The van der Waals surface area contributed by atoms with Crippen LogP contribution in [0, 0.1) is 0 Å². The van der Waals surface area contributed by atoms with Crippen molar-refractivity contribution in [2.24, 2.45) is 0 Å². The van der Waals surface area contributed by atoms with E-state index in [1.807, 2.05) is 0 Å². The van der Waals surface area contributed by atoms with E-state index >= 15 is 0 Å². The predicted octanol–water partition coefficient (Wildman–Crippen LogP) is 1.72. The van der Waals surface area contributed by atoms with Crippen molar-refractivity contribution < 1.29 is 9.53 Å². The fourth-order valence-electron chi connectivity index (χ4n) is 1.33. The summed E-state index contributed by atoms with van der Waals surface area (Å²) in [6.45, 7) is 0. The maximum absolute atomic E-state index is 11.9. The highest BCUT2D eigenvalue weighted by Crippen LogP contribution is 2.14. The molecule has 0 aliphatic carbocycles. The van der Waals surface area contributed by atoms with Crippen molar-refractivity contribution in [2.45, 2.75) is 0 Å². The normalized spacial score (nSPS) is 9.81. The molecule has 0 saturated carbocycles. The molecule has 0 amide bonds. The first-order valence-corrected chi connectivity index (χ1v) is 4.76. The number of hydrogen-bond donors (Lipinski definition) is 0. The summed E-state index contributed by atoms with van der Waals surface area (Å²) in [5.41, 5.74) is 1.13. The van der Waals surface area contributed by atoms with E-state index in [9.17, 15) is 4.79 Å². The lowest BCUT2D eigenvalue weighted by Gasteiger charge is -2.02. The predicted molar refractivity (Wildman–Crippen MR) is 58.5 cm³/mol. The molecule has 16 heavy (non-hydrogen) atoms. The summed E-state index contributed by atoms with van der Waals surface area (Å²) in [4.78, 5) is 11.9. The smallest absolute Gasteiger partial charge is 0.194 e. The lowest BCUT2D eigenvalue weighted by molar-refractivity contribution is 0.103. The van der Waals surface area contributed by atoms with E-state index in [4.69, 9.17) is 4.74 Å². The molecule has 4 heteroatoms. The van der Waals surface area contributed by atoms with Gasteiger partial charge in [-0.15, -0.1) is 0 Å². The lowest BCUT2D eigenvalue weighted by Crippen LogP contribution is -2.01. The minimum Gasteiger partial charge on any atom is -0.497 e. The highest BCUT2D eigenvalue weighted by molar-refractivity contribution is 6.08. The van der Waals surface area contributed by atoms with Crippen LogP contribution in [0.3, 0.4) is 0 Å². The van der Waals surface area contributed by atoms with Gasteiger partial charge in [0.15, 0.2) is 5.78 Å². The third-order valence-corrected chi connectivity index (χ3v) is 2.20. The molecule has 0 atom stereocenters. The van der Waals surface area contributed by atoms with E-state index in [0.29, 0.717) is 11.1 Å². The standard InChI is InChI=1S/C12H10N2O2/c1-16-11-4-2-9(3-5-11)12(15)10-6-7-13-14-8-10/h2-8H,1H3. The molecular formula is C12H10N2O2. The van der Waals surface area contributed by atoms with Gasteiger partial charge in [-0.3, -0.25) is 4.79 Å². The molecule has 0 aliphatic heterocycles. The monoisotopic (exact) mass is 214 g/mol. The zero-order valence-corrected chi connectivity index (χ0v) is 8.75. The van der Waals surface area contributed by atoms with E-state index in [1.54, 1.807) is 37.4 Å². The molecule has 0 bridgehead atoms. The first-order chi connectivity index (χ1) is 7.81. The number of carbonyl (C=O) groups excluding carboxylic acids is 1. The van der Waals surface area contributed by atoms with Gasteiger partial charge in [-0.2, -0.15) is 10.2 Å². The molecule has 4 nitrogen and oxygen atoms in total. The van der Waals surface area contributed by atoms with Crippen LogP contribution in [0.2, 0.25) is 0 Å². The van der Waals surface area contributed by atoms with Gasteiger partial charge < -0.3 is 4.74 Å². The van der Waals surface area contributed by atoms with E-state index in [1.165, 1.54) is 12.4 Å². The Hall–Kier alpha value is -2.23. The van der Waals surface area contributed by atoms with Crippen molar-refractivity contribution in [2.75, 3.05) is 7.11 Å². The molecular weight excluding hydrogens is 204 g/mol. The van der Waals surface area contributed by atoms with Crippen LogP contribution in [0.1, 0.15) is 15.9 Å². The summed E-state index contributed by atoms with van der Waals surface area (Å²) < 4.78 is 5.02. The van der Waals surface area contributed by atoms with Crippen molar-refractivity contribution in [3.8, 4) is 5.75 Å². The minimum atomic E-state index is -0.0717. The Kier molecular flexibility index (Phi) is 2.91. The summed E-state index contributed by atoms with van der Waals surface area (Å²) in [5.74, 6) is 0.655. The topological polar surface area (TPSA) is 52.1 Å². The number of nitrogens with zero attached hydrogens (tertiary/aromatic N) is 2. The summed E-state index contributed by atoms with van der Waals surface area (Å²) in [6, 6.07) is 8.59. The molecule has 0 radical (unpaired) electrons. The average Bonchev–Trinajstić information content (AvgIpc) is 2.39. The summed E-state index contributed by atoms with van der Waals surface area (Å²) in [5, 5.41) is 7.30. The molecule has 0 unspecified atom stereocenters. The van der Waals surface area contributed by atoms with Gasteiger partial charge in [-0.1, -0.05) is 0 Å². The maximum Gasteiger partial charge on any atom is 0.194 e. The second-order valence-electron chi connectivity index (χ2n) is 3.19. The number of aromatic nitrogens is 2. The van der Waals surface area contributed by atoms with Crippen molar-refractivity contribution in [3.63, 3.8) is 0 Å². The molecule has 80 valence electrons. The number of carbonyl (C=O) groups is 1.